The molecule has 0 saturated carbocycles. The van der Waals surface area contributed by atoms with E-state index >= 15 is 0 Å². The maximum atomic E-state index is 5.25. The van der Waals surface area contributed by atoms with Gasteiger partial charge >= 0.3 is 0 Å². The Morgan fingerprint density at radius 1 is 1.42 bits per heavy atom. The second-order valence-electron chi connectivity index (χ2n) is 2.72. The van der Waals surface area contributed by atoms with E-state index in [0.29, 0.717) is 0 Å². The van der Waals surface area contributed by atoms with Gasteiger partial charge in [0.2, 0.25) is 0 Å². The van der Waals surface area contributed by atoms with Crippen molar-refractivity contribution in [3.8, 4) is 0 Å². The monoisotopic (exact) mass is 163 g/mol. The van der Waals surface area contributed by atoms with Crippen molar-refractivity contribution < 1.29 is 4.74 Å². The van der Waals surface area contributed by atoms with Crippen molar-refractivity contribution in [3.05, 3.63) is 24.5 Å². The Balaban J connectivity index is 2.08. The molecule has 0 bridgehead atoms. The summed E-state index contributed by atoms with van der Waals surface area (Å²) >= 11 is 0. The highest BCUT2D eigenvalue weighted by atomic mass is 16.5. The summed E-state index contributed by atoms with van der Waals surface area (Å²) in [6, 6.07) is 4.98. The molecule has 3 heteroatoms. The summed E-state index contributed by atoms with van der Waals surface area (Å²) < 4.78 is 5.25. The van der Waals surface area contributed by atoms with E-state index in [-0.39, 0.29) is 0 Å². The fraction of sp³-hybridized carbons (Fsp3) is 0.444. The molecule has 3 nitrogen and oxygen atoms in total. The molecule has 63 valence electrons. The molecule has 2 heterocycles. The standard InChI is InChI=1S/C9H11N2O/c1-2-9(8-10-3-1)11-4-6-12-7-5-11/h1,3,8H,4-7H2. The Bertz CT molecular complexity index is 232. The average Bonchev–Trinajstić information content (AvgIpc) is 2.21. The number of anilines is 1. The first-order chi connectivity index (χ1) is 5.97. The molecule has 1 aromatic heterocycles. The van der Waals surface area contributed by atoms with Crippen LogP contribution >= 0.6 is 0 Å². The quantitative estimate of drug-likeness (QED) is 0.610. The molecule has 0 aliphatic carbocycles. The molecule has 0 aromatic carbocycles. The predicted molar refractivity (Wildman–Crippen MR) is 46.1 cm³/mol. The predicted octanol–water partition coefficient (Wildman–Crippen LogP) is 0.718. The highest BCUT2D eigenvalue weighted by molar-refractivity contribution is 5.42. The number of rotatable bonds is 1. The molecular formula is C9H11N2O. The van der Waals surface area contributed by atoms with Crippen LogP contribution in [0.1, 0.15) is 0 Å². The van der Waals surface area contributed by atoms with Crippen molar-refractivity contribution in [2.45, 2.75) is 0 Å². The smallest absolute Gasteiger partial charge is 0.0642 e. The molecule has 0 spiro atoms. The van der Waals surface area contributed by atoms with Crippen LogP contribution in [0.3, 0.4) is 0 Å². The maximum Gasteiger partial charge on any atom is 0.0642 e. The van der Waals surface area contributed by atoms with Gasteiger partial charge in [-0.25, -0.2) is 0 Å². The summed E-state index contributed by atoms with van der Waals surface area (Å²) in [6.07, 6.45) is 3.58. The van der Waals surface area contributed by atoms with Crippen LogP contribution in [0.2, 0.25) is 0 Å². The van der Waals surface area contributed by atoms with Crippen molar-refractivity contribution >= 4 is 5.69 Å². The molecule has 2 rings (SSSR count). The fourth-order valence-corrected chi connectivity index (χ4v) is 1.29. The van der Waals surface area contributed by atoms with Crippen LogP contribution in [-0.2, 0) is 4.74 Å². The van der Waals surface area contributed by atoms with Crippen LogP contribution in [0, 0.1) is 6.07 Å². The zero-order chi connectivity index (χ0) is 8.23. The summed E-state index contributed by atoms with van der Waals surface area (Å²) in [5.41, 5.74) is 1.07. The fourth-order valence-electron chi connectivity index (χ4n) is 1.29. The SMILES string of the molecule is [c]1ccncc1N1CCOCC1. The van der Waals surface area contributed by atoms with Crippen molar-refractivity contribution in [1.82, 2.24) is 4.98 Å². The van der Waals surface area contributed by atoms with Crippen molar-refractivity contribution in [1.29, 1.82) is 0 Å². The molecule has 0 atom stereocenters. The highest BCUT2D eigenvalue weighted by Crippen LogP contribution is 2.11. The van der Waals surface area contributed by atoms with Crippen LogP contribution in [-0.4, -0.2) is 31.3 Å². The lowest BCUT2D eigenvalue weighted by Gasteiger charge is -2.28. The van der Waals surface area contributed by atoms with Gasteiger partial charge in [-0.05, 0) is 6.07 Å². The van der Waals surface area contributed by atoms with E-state index in [1.807, 2.05) is 12.3 Å². The van der Waals surface area contributed by atoms with Gasteiger partial charge < -0.3 is 9.64 Å². The first kappa shape index (κ1) is 7.55. The summed E-state index contributed by atoms with van der Waals surface area (Å²) in [5, 5.41) is 0. The van der Waals surface area contributed by atoms with Crippen LogP contribution in [0.15, 0.2) is 18.5 Å². The van der Waals surface area contributed by atoms with E-state index in [0.717, 1.165) is 32.0 Å². The normalized spacial score (nSPS) is 17.8. The molecule has 1 aliphatic rings. The number of nitrogens with zero attached hydrogens (tertiary/aromatic N) is 2. The first-order valence-electron chi connectivity index (χ1n) is 4.11. The number of ether oxygens (including phenoxy) is 1. The molecule has 1 radical (unpaired) electrons. The number of hydrogen-bond donors (Lipinski definition) is 0. The molecule has 1 aliphatic heterocycles. The van der Waals surface area contributed by atoms with Gasteiger partial charge in [0.25, 0.3) is 0 Å². The minimum absolute atomic E-state index is 0.808. The van der Waals surface area contributed by atoms with Gasteiger partial charge in [-0.2, -0.15) is 0 Å². The third kappa shape index (κ3) is 1.56. The summed E-state index contributed by atoms with van der Waals surface area (Å²) in [7, 11) is 0. The Morgan fingerprint density at radius 3 is 2.92 bits per heavy atom. The molecule has 12 heavy (non-hydrogen) atoms. The second kappa shape index (κ2) is 3.54. The van der Waals surface area contributed by atoms with E-state index < -0.39 is 0 Å². The van der Waals surface area contributed by atoms with Gasteiger partial charge in [0, 0.05) is 25.4 Å². The zero-order valence-corrected chi connectivity index (χ0v) is 6.86. The third-order valence-electron chi connectivity index (χ3n) is 1.94. The molecular weight excluding hydrogens is 152 g/mol. The lowest BCUT2D eigenvalue weighted by Crippen LogP contribution is -2.36. The Labute approximate surface area is 72.0 Å². The average molecular weight is 163 g/mol. The first-order valence-corrected chi connectivity index (χ1v) is 4.11. The molecule has 0 amide bonds. The second-order valence-corrected chi connectivity index (χ2v) is 2.72. The number of aromatic nitrogens is 1. The van der Waals surface area contributed by atoms with Gasteiger partial charge in [0.1, 0.15) is 0 Å². The number of pyridine rings is 1. The van der Waals surface area contributed by atoms with Crippen molar-refractivity contribution in [2.75, 3.05) is 31.2 Å². The van der Waals surface area contributed by atoms with Crippen molar-refractivity contribution in [3.63, 3.8) is 0 Å². The topological polar surface area (TPSA) is 25.4 Å². The largest absolute Gasteiger partial charge is 0.378 e. The summed E-state index contributed by atoms with van der Waals surface area (Å²) in [6.45, 7) is 3.51. The Morgan fingerprint density at radius 2 is 2.25 bits per heavy atom. The van der Waals surface area contributed by atoms with Crippen LogP contribution in [0.5, 0.6) is 0 Å². The van der Waals surface area contributed by atoms with Crippen LogP contribution < -0.4 is 4.90 Å². The van der Waals surface area contributed by atoms with E-state index in [9.17, 15) is 0 Å². The third-order valence-corrected chi connectivity index (χ3v) is 1.94. The minimum atomic E-state index is 0.808. The Hall–Kier alpha value is -1.09. The van der Waals surface area contributed by atoms with E-state index in [1.54, 1.807) is 6.20 Å². The molecule has 1 fully saturated rings. The van der Waals surface area contributed by atoms with Gasteiger partial charge in [0.05, 0.1) is 25.1 Å². The lowest BCUT2D eigenvalue weighted by atomic mass is 10.3. The number of hydrogen-bond acceptors (Lipinski definition) is 3. The maximum absolute atomic E-state index is 5.25. The summed E-state index contributed by atoms with van der Waals surface area (Å²) in [5.74, 6) is 0. The summed E-state index contributed by atoms with van der Waals surface area (Å²) in [4.78, 5) is 6.28. The van der Waals surface area contributed by atoms with Crippen LogP contribution in [0.25, 0.3) is 0 Å². The highest BCUT2D eigenvalue weighted by Gasteiger charge is 2.10. The van der Waals surface area contributed by atoms with Crippen LogP contribution in [0.4, 0.5) is 5.69 Å². The van der Waals surface area contributed by atoms with E-state index in [2.05, 4.69) is 16.0 Å². The molecule has 0 unspecified atom stereocenters. The van der Waals surface area contributed by atoms with Gasteiger partial charge in [0.15, 0.2) is 0 Å². The van der Waals surface area contributed by atoms with Gasteiger partial charge in [-0.3, -0.25) is 4.98 Å². The molecule has 0 N–H and O–H groups in total. The molecule has 1 saturated heterocycles. The number of morpholine rings is 1. The van der Waals surface area contributed by atoms with Gasteiger partial charge in [-0.15, -0.1) is 0 Å². The molecule has 1 aromatic rings. The minimum Gasteiger partial charge on any atom is -0.378 e. The zero-order valence-electron chi connectivity index (χ0n) is 6.86. The van der Waals surface area contributed by atoms with E-state index in [1.165, 1.54) is 0 Å². The Kier molecular flexibility index (Phi) is 2.23. The lowest BCUT2D eigenvalue weighted by molar-refractivity contribution is 0.122. The van der Waals surface area contributed by atoms with Crippen molar-refractivity contribution in [2.24, 2.45) is 0 Å². The van der Waals surface area contributed by atoms with Gasteiger partial charge in [-0.1, -0.05) is 0 Å². The van der Waals surface area contributed by atoms with E-state index in [4.69, 9.17) is 4.74 Å².